The van der Waals surface area contributed by atoms with Crippen molar-refractivity contribution in [1.82, 2.24) is 25.5 Å². The molecule has 67 heavy (non-hydrogen) atoms. The van der Waals surface area contributed by atoms with Crippen molar-refractivity contribution in [3.05, 3.63) is 125 Å². The molecule has 0 aromatic heterocycles. The number of aliphatic hydroxyl groups excluding tert-OH is 2. The molecule has 362 valence electrons. The molecular formula is C56H77N5O6. The molecule has 2 amide bonds. The number of methoxy groups -OCH3 is 1. The van der Waals surface area contributed by atoms with Crippen molar-refractivity contribution < 1.29 is 29.4 Å². The minimum absolute atomic E-state index is 0.0264. The van der Waals surface area contributed by atoms with Gasteiger partial charge in [-0.3, -0.25) is 14.4 Å². The van der Waals surface area contributed by atoms with Crippen LogP contribution in [0.4, 0.5) is 0 Å². The van der Waals surface area contributed by atoms with Crippen LogP contribution < -0.4 is 15.4 Å². The van der Waals surface area contributed by atoms with Gasteiger partial charge in [-0.05, 0) is 137 Å². The van der Waals surface area contributed by atoms with Crippen LogP contribution in [0.2, 0.25) is 0 Å². The molecule has 4 aliphatic rings. The average molecular weight is 916 g/mol. The van der Waals surface area contributed by atoms with Crippen LogP contribution in [0.5, 0.6) is 5.75 Å². The number of nitrogens with zero attached hydrogens (tertiary/aromatic N) is 3. The third-order valence-electron chi connectivity index (χ3n) is 15.3. The van der Waals surface area contributed by atoms with Gasteiger partial charge in [0.15, 0.2) is 0 Å². The van der Waals surface area contributed by atoms with Gasteiger partial charge in [0.25, 0.3) is 5.91 Å². The summed E-state index contributed by atoms with van der Waals surface area (Å²) in [5, 5.41) is 30.1. The summed E-state index contributed by atoms with van der Waals surface area (Å²) in [5.74, 6) is 1.43. The highest BCUT2D eigenvalue weighted by atomic mass is 16.7. The SMILES string of the molecule is COc1c(CN2O[C@@H](CO)[C@@H]([C@H](C)O)[C@H]2C(=O)NC2C[C@H]3C[C@@H]([C@@H]2C)C3(C)C)cccc1-c1cc(CC[C@@H](Cc2ccccc2)CN(C)C)cc(C(=O)N[C@@H](Cc2ccccc2)CN(C)C)c1. The van der Waals surface area contributed by atoms with Crippen molar-refractivity contribution in [1.29, 1.82) is 0 Å². The van der Waals surface area contributed by atoms with Gasteiger partial charge in [0.05, 0.1) is 26.4 Å². The number of fused-ring (bicyclic) bond motifs is 2. The maximum atomic E-state index is 14.5. The summed E-state index contributed by atoms with van der Waals surface area (Å²) in [6.07, 6.45) is 3.79. The Hall–Kier alpha value is -4.62. The van der Waals surface area contributed by atoms with Gasteiger partial charge in [0, 0.05) is 47.8 Å². The van der Waals surface area contributed by atoms with E-state index in [0.29, 0.717) is 48.0 Å². The lowest BCUT2D eigenvalue weighted by Gasteiger charge is -2.62. The number of amides is 2. The predicted octanol–water partition coefficient (Wildman–Crippen LogP) is 7.28. The fraction of sp³-hybridized carbons (Fsp3) is 0.536. The Morgan fingerprint density at radius 2 is 1.55 bits per heavy atom. The van der Waals surface area contributed by atoms with Crippen molar-refractivity contribution >= 4 is 11.8 Å². The maximum absolute atomic E-state index is 14.5. The van der Waals surface area contributed by atoms with Crippen LogP contribution in [0.25, 0.3) is 11.1 Å². The van der Waals surface area contributed by atoms with Crippen molar-refractivity contribution in [2.24, 2.45) is 35.0 Å². The van der Waals surface area contributed by atoms with Crippen LogP contribution in [-0.2, 0) is 35.4 Å². The fourth-order valence-electron chi connectivity index (χ4n) is 11.8. The molecule has 3 aliphatic carbocycles. The monoisotopic (exact) mass is 916 g/mol. The zero-order chi connectivity index (χ0) is 48.0. The van der Waals surface area contributed by atoms with Gasteiger partial charge in [-0.15, -0.1) is 0 Å². The Balaban J connectivity index is 1.20. The molecule has 0 radical (unpaired) electrons. The minimum atomic E-state index is -0.912. The smallest absolute Gasteiger partial charge is 0.251 e. The Kier molecular flexibility index (Phi) is 16.7. The van der Waals surface area contributed by atoms with E-state index in [-0.39, 0.29) is 42.5 Å². The van der Waals surface area contributed by atoms with E-state index in [4.69, 9.17) is 9.57 Å². The second-order valence-corrected chi connectivity index (χ2v) is 21.1. The number of nitrogens with one attached hydrogen (secondary N) is 2. The van der Waals surface area contributed by atoms with E-state index < -0.39 is 24.2 Å². The van der Waals surface area contributed by atoms with Crippen LogP contribution in [0.3, 0.4) is 0 Å². The molecule has 2 bridgehead atoms. The van der Waals surface area contributed by atoms with Gasteiger partial charge >= 0.3 is 0 Å². The Morgan fingerprint density at radius 1 is 0.881 bits per heavy atom. The number of benzene rings is 4. The lowest BCUT2D eigenvalue weighted by atomic mass is 9.45. The molecule has 1 heterocycles. The van der Waals surface area contributed by atoms with E-state index in [1.807, 2.05) is 62.6 Å². The van der Waals surface area contributed by atoms with Crippen molar-refractivity contribution in [3.8, 4) is 16.9 Å². The number of aryl methyl sites for hydroxylation is 1. The lowest BCUT2D eigenvalue weighted by Crippen LogP contribution is -2.62. The van der Waals surface area contributed by atoms with E-state index in [1.54, 1.807) is 19.1 Å². The molecular weight excluding hydrogens is 839 g/mol. The molecule has 4 aromatic carbocycles. The Bertz CT molecular complexity index is 2250. The highest BCUT2D eigenvalue weighted by Crippen LogP contribution is 2.61. The predicted molar refractivity (Wildman–Crippen MR) is 266 cm³/mol. The molecule has 11 nitrogen and oxygen atoms in total. The van der Waals surface area contributed by atoms with Crippen LogP contribution in [0.1, 0.15) is 79.6 Å². The van der Waals surface area contributed by atoms with E-state index in [0.717, 1.165) is 60.0 Å². The minimum Gasteiger partial charge on any atom is -0.496 e. The van der Waals surface area contributed by atoms with Crippen LogP contribution in [-0.4, -0.2) is 122 Å². The second kappa shape index (κ2) is 22.2. The number of hydrogen-bond donors (Lipinski definition) is 4. The lowest BCUT2D eigenvalue weighted by molar-refractivity contribution is -0.183. The molecule has 8 rings (SSSR count). The molecule has 4 fully saturated rings. The summed E-state index contributed by atoms with van der Waals surface area (Å²) in [6.45, 7) is 10.0. The van der Waals surface area contributed by atoms with Crippen LogP contribution in [0, 0.1) is 35.0 Å². The molecule has 1 aliphatic heterocycles. The van der Waals surface area contributed by atoms with Crippen molar-refractivity contribution in [2.75, 3.05) is 55.0 Å². The van der Waals surface area contributed by atoms with Crippen LogP contribution in [0.15, 0.2) is 97.1 Å². The molecule has 3 saturated carbocycles. The summed E-state index contributed by atoms with van der Waals surface area (Å²) in [6, 6.07) is 32.1. The van der Waals surface area contributed by atoms with E-state index in [9.17, 15) is 19.8 Å². The van der Waals surface area contributed by atoms with Crippen LogP contribution >= 0.6 is 0 Å². The number of hydroxylamine groups is 2. The van der Waals surface area contributed by atoms with Gasteiger partial charge in [-0.25, -0.2) is 0 Å². The number of hydrogen-bond acceptors (Lipinski definition) is 9. The average Bonchev–Trinajstić information content (AvgIpc) is 3.67. The molecule has 1 unspecified atom stereocenters. The van der Waals surface area contributed by atoms with Crippen molar-refractivity contribution in [2.45, 2.75) is 103 Å². The number of rotatable bonds is 21. The first kappa shape index (κ1) is 50.3. The maximum Gasteiger partial charge on any atom is 0.251 e. The quantitative estimate of drug-likeness (QED) is 0.0683. The zero-order valence-corrected chi connectivity index (χ0v) is 41.5. The number of aliphatic hydroxyl groups is 2. The van der Waals surface area contributed by atoms with E-state index in [2.05, 4.69) is 104 Å². The Morgan fingerprint density at radius 3 is 2.15 bits per heavy atom. The first-order valence-corrected chi connectivity index (χ1v) is 24.6. The highest BCUT2D eigenvalue weighted by molar-refractivity contribution is 5.96. The van der Waals surface area contributed by atoms with Gasteiger partial charge in [0.2, 0.25) is 5.91 Å². The number of carbonyl (C=O) groups is 2. The standard InChI is InChI=1S/C56H77N5O6/c1-36-48-30-45(56(48,3)4)31-49(36)58-55(65)52-51(37(2)63)50(35-62)67-61(52)33-42-21-16-22-47(53(42)66-9)43-26-40(23-24-41(32-59(5)6)25-38-17-12-10-13-18-38)27-44(29-43)54(64)57-46(34-60(7)8)28-39-19-14-11-15-20-39/h10-22,26-27,29,36-37,41,45-46,48-52,62-63H,23-25,28,30-35H2,1-9H3,(H,57,64)(H,58,65)/t36-,37-,41-,45+,46-,48-,49?,50-,51+,52-/m0/s1. The molecule has 0 spiro atoms. The zero-order valence-electron chi connectivity index (χ0n) is 41.5. The third kappa shape index (κ3) is 12.0. The topological polar surface area (TPSA) is 127 Å². The highest BCUT2D eigenvalue weighted by Gasteiger charge is 2.57. The summed E-state index contributed by atoms with van der Waals surface area (Å²) in [4.78, 5) is 39.8. The summed E-state index contributed by atoms with van der Waals surface area (Å²) in [5.41, 5.74) is 6.80. The first-order valence-electron chi connectivity index (χ1n) is 24.6. The second-order valence-electron chi connectivity index (χ2n) is 21.1. The summed E-state index contributed by atoms with van der Waals surface area (Å²) >= 11 is 0. The normalized spacial score (nSPS) is 24.8. The van der Waals surface area contributed by atoms with Gasteiger partial charge in [-0.2, -0.15) is 5.06 Å². The molecule has 10 atom stereocenters. The Labute approximate surface area is 400 Å². The number of likely N-dealkylation sites (N-methyl/N-ethyl adjacent to an activating group) is 1. The van der Waals surface area contributed by atoms with E-state index in [1.165, 1.54) is 12.0 Å². The molecule has 4 aromatic rings. The number of carbonyl (C=O) groups excluding carboxylic acids is 2. The van der Waals surface area contributed by atoms with Gasteiger partial charge in [0.1, 0.15) is 17.9 Å². The first-order chi connectivity index (χ1) is 32.1. The summed E-state index contributed by atoms with van der Waals surface area (Å²) < 4.78 is 6.27. The molecule has 1 saturated heterocycles. The van der Waals surface area contributed by atoms with E-state index >= 15 is 0 Å². The molecule has 11 heteroatoms. The number of ether oxygens (including phenoxy) is 1. The number of para-hydroxylation sites is 1. The fourth-order valence-corrected chi connectivity index (χ4v) is 11.8. The largest absolute Gasteiger partial charge is 0.496 e. The van der Waals surface area contributed by atoms with Gasteiger partial charge in [-0.1, -0.05) is 106 Å². The third-order valence-corrected chi connectivity index (χ3v) is 15.3. The van der Waals surface area contributed by atoms with Gasteiger partial charge < -0.3 is 35.4 Å². The molecule has 4 N–H and O–H groups in total. The van der Waals surface area contributed by atoms with Crippen molar-refractivity contribution in [3.63, 3.8) is 0 Å². The summed E-state index contributed by atoms with van der Waals surface area (Å²) in [7, 11) is 9.94.